The molecule has 1 amide bonds. The summed E-state index contributed by atoms with van der Waals surface area (Å²) in [6, 6.07) is 5.36. The second-order valence-electron chi connectivity index (χ2n) is 3.09. The number of nitrogens with one attached hydrogen (secondary N) is 1. The molecule has 0 aliphatic rings. The molecule has 0 saturated heterocycles. The standard InChI is InChI=1S/C10H12BrClN2O2/c11-7-3-4-8(12)9(6-7)16-5-1-2-10(15)14-13/h3-4,6H,1-2,5,13H2,(H,14,15). The molecule has 0 bridgehead atoms. The molecule has 0 aromatic heterocycles. The second kappa shape index (κ2) is 6.73. The Labute approximate surface area is 107 Å². The Morgan fingerprint density at radius 2 is 2.31 bits per heavy atom. The molecule has 0 radical (unpaired) electrons. The Morgan fingerprint density at radius 1 is 1.56 bits per heavy atom. The van der Waals surface area contributed by atoms with Crippen LogP contribution in [0.1, 0.15) is 12.8 Å². The van der Waals surface area contributed by atoms with E-state index in [2.05, 4.69) is 21.4 Å². The minimum atomic E-state index is -0.205. The van der Waals surface area contributed by atoms with Crippen molar-refractivity contribution in [2.45, 2.75) is 12.8 Å². The Kier molecular flexibility index (Phi) is 5.59. The molecule has 0 spiro atoms. The van der Waals surface area contributed by atoms with Gasteiger partial charge in [0.05, 0.1) is 11.6 Å². The third kappa shape index (κ3) is 4.38. The lowest BCUT2D eigenvalue weighted by Crippen LogP contribution is -2.29. The van der Waals surface area contributed by atoms with Crippen molar-refractivity contribution in [1.82, 2.24) is 5.43 Å². The monoisotopic (exact) mass is 306 g/mol. The number of hydrazine groups is 1. The van der Waals surface area contributed by atoms with Crippen LogP contribution in [-0.4, -0.2) is 12.5 Å². The van der Waals surface area contributed by atoms with E-state index < -0.39 is 0 Å². The first kappa shape index (κ1) is 13.3. The number of carbonyl (C=O) groups is 1. The maximum atomic E-state index is 10.8. The molecule has 0 fully saturated rings. The summed E-state index contributed by atoms with van der Waals surface area (Å²) in [4.78, 5) is 10.8. The van der Waals surface area contributed by atoms with Gasteiger partial charge in [-0.15, -0.1) is 0 Å². The van der Waals surface area contributed by atoms with Crippen molar-refractivity contribution in [3.63, 3.8) is 0 Å². The average Bonchev–Trinajstić information content (AvgIpc) is 2.28. The van der Waals surface area contributed by atoms with E-state index in [1.165, 1.54) is 0 Å². The molecular formula is C10H12BrClN2O2. The number of carbonyl (C=O) groups excluding carboxylic acids is 1. The van der Waals surface area contributed by atoms with Gasteiger partial charge in [0.1, 0.15) is 5.75 Å². The van der Waals surface area contributed by atoms with Crippen LogP contribution in [0.25, 0.3) is 0 Å². The fourth-order valence-corrected chi connectivity index (χ4v) is 1.59. The van der Waals surface area contributed by atoms with Gasteiger partial charge >= 0.3 is 0 Å². The highest BCUT2D eigenvalue weighted by Gasteiger charge is 2.03. The first-order valence-corrected chi connectivity index (χ1v) is 5.88. The minimum Gasteiger partial charge on any atom is -0.492 e. The van der Waals surface area contributed by atoms with Crippen LogP contribution < -0.4 is 16.0 Å². The van der Waals surface area contributed by atoms with Gasteiger partial charge in [0.2, 0.25) is 5.91 Å². The third-order valence-electron chi connectivity index (χ3n) is 1.86. The van der Waals surface area contributed by atoms with Crippen LogP contribution >= 0.6 is 27.5 Å². The summed E-state index contributed by atoms with van der Waals surface area (Å²) in [5.41, 5.74) is 2.06. The summed E-state index contributed by atoms with van der Waals surface area (Å²) in [6.07, 6.45) is 0.925. The van der Waals surface area contributed by atoms with Crippen molar-refractivity contribution >= 4 is 33.4 Å². The van der Waals surface area contributed by atoms with Crippen molar-refractivity contribution in [1.29, 1.82) is 0 Å². The normalized spacial score (nSPS) is 9.94. The number of benzene rings is 1. The zero-order valence-corrected chi connectivity index (χ0v) is 10.8. The number of rotatable bonds is 5. The van der Waals surface area contributed by atoms with Gasteiger partial charge in [-0.25, -0.2) is 5.84 Å². The van der Waals surface area contributed by atoms with Crippen LogP contribution in [0.15, 0.2) is 22.7 Å². The van der Waals surface area contributed by atoms with E-state index in [4.69, 9.17) is 22.2 Å². The van der Waals surface area contributed by atoms with Gasteiger partial charge in [-0.3, -0.25) is 10.2 Å². The van der Waals surface area contributed by atoms with E-state index in [-0.39, 0.29) is 5.91 Å². The number of hydrogen-bond acceptors (Lipinski definition) is 3. The quantitative estimate of drug-likeness (QED) is 0.379. The predicted molar refractivity (Wildman–Crippen MR) is 66.2 cm³/mol. The Hall–Kier alpha value is -0.780. The molecular weight excluding hydrogens is 295 g/mol. The summed E-state index contributed by atoms with van der Waals surface area (Å²) >= 11 is 9.24. The molecule has 0 atom stereocenters. The van der Waals surface area contributed by atoms with Crippen LogP contribution in [0.2, 0.25) is 5.02 Å². The van der Waals surface area contributed by atoms with Crippen LogP contribution in [0.3, 0.4) is 0 Å². The number of ether oxygens (including phenoxy) is 1. The summed E-state index contributed by atoms with van der Waals surface area (Å²) in [5, 5.41) is 0.548. The molecule has 3 N–H and O–H groups in total. The molecule has 1 aromatic rings. The Morgan fingerprint density at radius 3 is 3.00 bits per heavy atom. The fraction of sp³-hybridized carbons (Fsp3) is 0.300. The van der Waals surface area contributed by atoms with E-state index >= 15 is 0 Å². The van der Waals surface area contributed by atoms with Gasteiger partial charge in [-0.05, 0) is 24.6 Å². The molecule has 0 saturated carbocycles. The molecule has 1 rings (SSSR count). The smallest absolute Gasteiger partial charge is 0.234 e. The van der Waals surface area contributed by atoms with Crippen molar-refractivity contribution in [3.05, 3.63) is 27.7 Å². The zero-order valence-electron chi connectivity index (χ0n) is 8.50. The zero-order chi connectivity index (χ0) is 12.0. The summed E-state index contributed by atoms with van der Waals surface area (Å²) in [5.74, 6) is 5.34. The molecule has 0 heterocycles. The van der Waals surface area contributed by atoms with Crippen molar-refractivity contribution < 1.29 is 9.53 Å². The van der Waals surface area contributed by atoms with Gasteiger partial charge in [-0.1, -0.05) is 27.5 Å². The topological polar surface area (TPSA) is 64.3 Å². The van der Waals surface area contributed by atoms with Gasteiger partial charge < -0.3 is 4.74 Å². The van der Waals surface area contributed by atoms with Gasteiger partial charge in [0, 0.05) is 10.9 Å². The Balaban J connectivity index is 2.37. The van der Waals surface area contributed by atoms with Crippen molar-refractivity contribution in [2.75, 3.05) is 6.61 Å². The lowest BCUT2D eigenvalue weighted by molar-refractivity contribution is -0.121. The first-order chi connectivity index (χ1) is 7.63. The number of hydrogen-bond donors (Lipinski definition) is 2. The molecule has 1 aromatic carbocycles. The highest BCUT2D eigenvalue weighted by Crippen LogP contribution is 2.27. The molecule has 0 aliphatic carbocycles. The molecule has 0 aliphatic heterocycles. The highest BCUT2D eigenvalue weighted by atomic mass is 79.9. The highest BCUT2D eigenvalue weighted by molar-refractivity contribution is 9.10. The molecule has 6 heteroatoms. The van der Waals surface area contributed by atoms with Gasteiger partial charge in [-0.2, -0.15) is 0 Å². The van der Waals surface area contributed by atoms with Gasteiger partial charge in [0.25, 0.3) is 0 Å². The average molecular weight is 308 g/mol. The van der Waals surface area contributed by atoms with E-state index in [0.29, 0.717) is 30.2 Å². The Bertz CT molecular complexity index is 374. The van der Waals surface area contributed by atoms with E-state index in [0.717, 1.165) is 4.47 Å². The minimum absolute atomic E-state index is 0.205. The predicted octanol–water partition coefficient (Wildman–Crippen LogP) is 2.25. The summed E-state index contributed by atoms with van der Waals surface area (Å²) in [7, 11) is 0. The van der Waals surface area contributed by atoms with Crippen LogP contribution in [0.5, 0.6) is 5.75 Å². The molecule has 0 unspecified atom stereocenters. The number of amides is 1. The lowest BCUT2D eigenvalue weighted by atomic mass is 10.3. The maximum absolute atomic E-state index is 10.8. The first-order valence-electron chi connectivity index (χ1n) is 4.71. The lowest BCUT2D eigenvalue weighted by Gasteiger charge is -2.07. The molecule has 16 heavy (non-hydrogen) atoms. The van der Waals surface area contributed by atoms with Crippen molar-refractivity contribution in [3.8, 4) is 5.75 Å². The van der Waals surface area contributed by atoms with Gasteiger partial charge in [0.15, 0.2) is 0 Å². The van der Waals surface area contributed by atoms with E-state index in [9.17, 15) is 4.79 Å². The third-order valence-corrected chi connectivity index (χ3v) is 2.67. The number of halogens is 2. The van der Waals surface area contributed by atoms with E-state index in [1.54, 1.807) is 12.1 Å². The fourth-order valence-electron chi connectivity index (χ4n) is 1.07. The SMILES string of the molecule is NNC(=O)CCCOc1cc(Br)ccc1Cl. The molecule has 88 valence electrons. The largest absolute Gasteiger partial charge is 0.492 e. The molecule has 4 nitrogen and oxygen atoms in total. The van der Waals surface area contributed by atoms with E-state index in [1.807, 2.05) is 6.07 Å². The summed E-state index contributed by atoms with van der Waals surface area (Å²) in [6.45, 7) is 0.420. The van der Waals surface area contributed by atoms with Crippen LogP contribution in [0, 0.1) is 0 Å². The van der Waals surface area contributed by atoms with Crippen LogP contribution in [0.4, 0.5) is 0 Å². The number of nitrogens with two attached hydrogens (primary N) is 1. The summed E-state index contributed by atoms with van der Waals surface area (Å²) < 4.78 is 6.32. The van der Waals surface area contributed by atoms with Crippen molar-refractivity contribution in [2.24, 2.45) is 5.84 Å². The second-order valence-corrected chi connectivity index (χ2v) is 4.42. The van der Waals surface area contributed by atoms with Crippen LogP contribution in [-0.2, 0) is 4.79 Å². The maximum Gasteiger partial charge on any atom is 0.234 e.